The molecule has 0 radical (unpaired) electrons. The minimum Gasteiger partial charge on any atom is -0.508 e. The average molecular weight is 345 g/mol. The quantitative estimate of drug-likeness (QED) is 0.263. The SMILES string of the molecule is N#C/C(N=CNOCc1ccccc1)=C(\C#N)N=Cc1ccc(O)cc1. The Morgan fingerprint density at radius 3 is 2.31 bits per heavy atom. The molecule has 0 bridgehead atoms. The summed E-state index contributed by atoms with van der Waals surface area (Å²) in [6.07, 6.45) is 2.58. The molecular weight excluding hydrogens is 330 g/mol. The molecule has 0 saturated heterocycles. The molecule has 2 N–H and O–H groups in total. The van der Waals surface area contributed by atoms with Crippen LogP contribution in [0.25, 0.3) is 0 Å². The molecule has 2 rings (SSSR count). The number of phenolic OH excluding ortho intramolecular Hbond substituents is 1. The van der Waals surface area contributed by atoms with Crippen LogP contribution in [0.2, 0.25) is 0 Å². The van der Waals surface area contributed by atoms with Crippen molar-refractivity contribution in [2.75, 3.05) is 0 Å². The van der Waals surface area contributed by atoms with E-state index < -0.39 is 0 Å². The lowest BCUT2D eigenvalue weighted by atomic mass is 10.2. The maximum Gasteiger partial charge on any atom is 0.178 e. The lowest BCUT2D eigenvalue weighted by Gasteiger charge is -2.01. The van der Waals surface area contributed by atoms with Crippen LogP contribution in [0.4, 0.5) is 0 Å². The fraction of sp³-hybridized carbons (Fsp3) is 0.0526. The van der Waals surface area contributed by atoms with Crippen LogP contribution in [0.5, 0.6) is 5.75 Å². The van der Waals surface area contributed by atoms with Gasteiger partial charge in [-0.3, -0.25) is 10.3 Å². The zero-order valence-corrected chi connectivity index (χ0v) is 13.7. The van der Waals surface area contributed by atoms with E-state index in [1.54, 1.807) is 12.1 Å². The number of hydrogen-bond acceptors (Lipinski definition) is 6. The largest absolute Gasteiger partial charge is 0.508 e. The highest BCUT2D eigenvalue weighted by atomic mass is 16.6. The van der Waals surface area contributed by atoms with Crippen molar-refractivity contribution in [1.82, 2.24) is 5.48 Å². The third-order valence-electron chi connectivity index (χ3n) is 3.08. The average Bonchev–Trinajstić information content (AvgIpc) is 2.68. The molecule has 0 fully saturated rings. The standard InChI is InChI=1S/C19H15N5O2/c20-10-18(22-12-15-6-8-17(25)9-7-15)19(11-21)23-14-24-26-13-16-4-2-1-3-5-16/h1-9,12,14,25H,13H2,(H,23,24)/b19-18-,22-12?. The zero-order valence-electron chi connectivity index (χ0n) is 13.7. The van der Waals surface area contributed by atoms with Crippen LogP contribution in [0.1, 0.15) is 11.1 Å². The Bertz CT molecular complexity index is 888. The van der Waals surface area contributed by atoms with E-state index in [0.717, 1.165) is 5.56 Å². The Hall–Kier alpha value is -3.94. The fourth-order valence-electron chi connectivity index (χ4n) is 1.81. The van der Waals surface area contributed by atoms with Crippen molar-refractivity contribution in [1.29, 1.82) is 10.5 Å². The van der Waals surface area contributed by atoms with E-state index in [4.69, 9.17) is 15.4 Å². The van der Waals surface area contributed by atoms with Crippen LogP contribution in [0, 0.1) is 22.7 Å². The van der Waals surface area contributed by atoms with Crippen LogP contribution in [0.3, 0.4) is 0 Å². The predicted molar refractivity (Wildman–Crippen MR) is 96.8 cm³/mol. The lowest BCUT2D eigenvalue weighted by molar-refractivity contribution is 0.0745. The molecule has 0 saturated carbocycles. The Morgan fingerprint density at radius 1 is 1.00 bits per heavy atom. The molecule has 0 unspecified atom stereocenters. The highest BCUT2D eigenvalue weighted by molar-refractivity contribution is 5.81. The number of nitrogens with one attached hydrogen (secondary N) is 1. The van der Waals surface area contributed by atoms with Gasteiger partial charge in [-0.25, -0.2) is 9.98 Å². The Labute approximate surface area is 150 Å². The third-order valence-corrected chi connectivity index (χ3v) is 3.08. The van der Waals surface area contributed by atoms with Gasteiger partial charge in [-0.2, -0.15) is 10.5 Å². The number of aromatic hydroxyl groups is 1. The first kappa shape index (κ1) is 18.4. The molecule has 26 heavy (non-hydrogen) atoms. The number of aliphatic imine (C=N–C) groups is 2. The van der Waals surface area contributed by atoms with Gasteiger partial charge >= 0.3 is 0 Å². The van der Waals surface area contributed by atoms with Crippen molar-refractivity contribution in [2.45, 2.75) is 6.61 Å². The van der Waals surface area contributed by atoms with Gasteiger partial charge in [0.2, 0.25) is 0 Å². The number of benzene rings is 2. The molecule has 0 heterocycles. The molecule has 2 aromatic carbocycles. The van der Waals surface area contributed by atoms with Crippen molar-refractivity contribution in [2.24, 2.45) is 9.98 Å². The normalized spacial score (nSPS) is 11.8. The first-order valence-corrected chi connectivity index (χ1v) is 7.54. The minimum atomic E-state index is -0.154. The summed E-state index contributed by atoms with van der Waals surface area (Å²) in [6, 6.07) is 19.4. The fourth-order valence-corrected chi connectivity index (χ4v) is 1.81. The monoisotopic (exact) mass is 345 g/mol. The molecule has 0 spiro atoms. The zero-order chi connectivity index (χ0) is 18.6. The minimum absolute atomic E-state index is 0.127. The lowest BCUT2D eigenvalue weighted by Crippen LogP contribution is -2.11. The maximum atomic E-state index is 9.23. The summed E-state index contributed by atoms with van der Waals surface area (Å²) < 4.78 is 0. The molecule has 2 aromatic rings. The van der Waals surface area contributed by atoms with Gasteiger partial charge in [0, 0.05) is 6.21 Å². The summed E-state index contributed by atoms with van der Waals surface area (Å²) in [5.41, 5.74) is 3.84. The summed E-state index contributed by atoms with van der Waals surface area (Å²) in [5.74, 6) is 0.127. The van der Waals surface area contributed by atoms with Crippen LogP contribution >= 0.6 is 0 Å². The van der Waals surface area contributed by atoms with Gasteiger partial charge in [-0.1, -0.05) is 30.3 Å². The number of hydrogen-bond donors (Lipinski definition) is 2. The van der Waals surface area contributed by atoms with Crippen molar-refractivity contribution in [3.05, 3.63) is 77.1 Å². The number of hydroxylamine groups is 1. The van der Waals surface area contributed by atoms with E-state index in [1.165, 1.54) is 24.7 Å². The van der Waals surface area contributed by atoms with E-state index >= 15 is 0 Å². The highest BCUT2D eigenvalue weighted by Gasteiger charge is 2.02. The first-order chi connectivity index (χ1) is 12.7. The number of allylic oxidation sites excluding steroid dienone is 2. The molecule has 0 amide bonds. The van der Waals surface area contributed by atoms with E-state index in [2.05, 4.69) is 15.5 Å². The Balaban J connectivity index is 1.97. The number of phenols is 1. The van der Waals surface area contributed by atoms with E-state index in [-0.39, 0.29) is 17.1 Å². The Morgan fingerprint density at radius 2 is 1.65 bits per heavy atom. The van der Waals surface area contributed by atoms with Gasteiger partial charge in [0.25, 0.3) is 0 Å². The first-order valence-electron chi connectivity index (χ1n) is 7.54. The predicted octanol–water partition coefficient (Wildman–Crippen LogP) is 2.82. The smallest absolute Gasteiger partial charge is 0.178 e. The van der Waals surface area contributed by atoms with Crippen molar-refractivity contribution in [3.63, 3.8) is 0 Å². The van der Waals surface area contributed by atoms with Gasteiger partial charge in [0.1, 0.15) is 24.2 Å². The van der Waals surface area contributed by atoms with Crippen LogP contribution in [-0.4, -0.2) is 17.7 Å². The van der Waals surface area contributed by atoms with Crippen molar-refractivity contribution >= 4 is 12.6 Å². The molecule has 0 aliphatic heterocycles. The molecule has 7 nitrogen and oxygen atoms in total. The van der Waals surface area contributed by atoms with Crippen LogP contribution in [-0.2, 0) is 11.4 Å². The van der Waals surface area contributed by atoms with Crippen LogP contribution in [0.15, 0.2) is 76.0 Å². The second-order valence-corrected chi connectivity index (χ2v) is 4.92. The van der Waals surface area contributed by atoms with Gasteiger partial charge in [-0.15, -0.1) is 0 Å². The number of nitriles is 2. The van der Waals surface area contributed by atoms with Crippen molar-refractivity contribution < 1.29 is 9.94 Å². The molecule has 0 atom stereocenters. The van der Waals surface area contributed by atoms with Crippen molar-refractivity contribution in [3.8, 4) is 17.9 Å². The summed E-state index contributed by atoms with van der Waals surface area (Å²) in [5, 5.41) is 27.5. The van der Waals surface area contributed by atoms with Gasteiger partial charge in [-0.05, 0) is 35.4 Å². The van der Waals surface area contributed by atoms with E-state index in [9.17, 15) is 5.11 Å². The van der Waals surface area contributed by atoms with E-state index in [1.807, 2.05) is 42.5 Å². The number of rotatable bonds is 7. The molecule has 0 aliphatic carbocycles. The molecule has 0 aliphatic rings. The summed E-state index contributed by atoms with van der Waals surface area (Å²) in [6.45, 7) is 0.322. The molecule has 0 aromatic heterocycles. The molecule has 128 valence electrons. The summed E-state index contributed by atoms with van der Waals surface area (Å²) in [7, 11) is 0. The topological polar surface area (TPSA) is 114 Å². The Kier molecular flexibility index (Phi) is 7.10. The van der Waals surface area contributed by atoms with Gasteiger partial charge in [0.15, 0.2) is 11.4 Å². The molecular formula is C19H15N5O2. The number of nitrogens with zero attached hydrogens (tertiary/aromatic N) is 4. The summed E-state index contributed by atoms with van der Waals surface area (Å²) in [4.78, 5) is 13.0. The second-order valence-electron chi connectivity index (χ2n) is 4.92. The maximum absolute atomic E-state index is 9.23. The highest BCUT2D eigenvalue weighted by Crippen LogP contribution is 2.10. The van der Waals surface area contributed by atoms with Gasteiger partial charge in [0.05, 0.1) is 6.61 Å². The second kappa shape index (κ2) is 10.0. The van der Waals surface area contributed by atoms with Crippen LogP contribution < -0.4 is 5.48 Å². The van der Waals surface area contributed by atoms with Gasteiger partial charge < -0.3 is 5.11 Å². The van der Waals surface area contributed by atoms with E-state index in [0.29, 0.717) is 12.2 Å². The molecule has 7 heteroatoms. The summed E-state index contributed by atoms with van der Waals surface area (Å²) >= 11 is 0. The third kappa shape index (κ3) is 5.93.